The first-order valence-corrected chi connectivity index (χ1v) is 8.45. The highest BCUT2D eigenvalue weighted by molar-refractivity contribution is 5.83. The third-order valence-electron chi connectivity index (χ3n) is 3.31. The number of aliphatic hydroxyl groups is 1. The molecule has 2 unspecified atom stereocenters. The number of phenolic OH excluding ortho intramolecular Hbond substituents is 1. The van der Waals surface area contributed by atoms with E-state index < -0.39 is 6.10 Å². The van der Waals surface area contributed by atoms with Crippen LogP contribution in [0.15, 0.2) is 12.1 Å². The summed E-state index contributed by atoms with van der Waals surface area (Å²) in [5, 5.41) is 18.9. The van der Waals surface area contributed by atoms with E-state index in [4.69, 9.17) is 4.74 Å². The van der Waals surface area contributed by atoms with Crippen molar-refractivity contribution in [3.8, 4) is 11.5 Å². The fraction of sp³-hybridized carbons (Fsp3) is 0.579. The van der Waals surface area contributed by atoms with Crippen molar-refractivity contribution in [2.24, 2.45) is 0 Å². The smallest absolute Gasteiger partial charge is 0.293 e. The van der Waals surface area contributed by atoms with Crippen LogP contribution in [0.3, 0.4) is 0 Å². The molecule has 1 aliphatic heterocycles. The lowest BCUT2D eigenvalue weighted by molar-refractivity contribution is -0.138. The topological polar surface area (TPSA) is 93.1 Å². The fourth-order valence-electron chi connectivity index (χ4n) is 2.12. The van der Waals surface area contributed by atoms with E-state index in [-0.39, 0.29) is 17.5 Å². The van der Waals surface area contributed by atoms with Crippen LogP contribution in [-0.4, -0.2) is 40.8 Å². The van der Waals surface area contributed by atoms with Gasteiger partial charge in [-0.15, -0.1) is 0 Å². The van der Waals surface area contributed by atoms with Gasteiger partial charge >= 0.3 is 0 Å². The van der Waals surface area contributed by atoms with Gasteiger partial charge in [0.05, 0.1) is 11.7 Å². The maximum atomic E-state index is 10.8. The van der Waals surface area contributed by atoms with Crippen molar-refractivity contribution in [3.05, 3.63) is 23.3 Å². The zero-order chi connectivity index (χ0) is 19.6. The molecule has 2 rings (SSSR count). The number of carbonyl (C=O) groups is 2. The standard InChI is InChI=1S/C12H14O4.C5H10O2.C2H6/c1-7(14)11-4-2-8-9(6-13)10(15)3-5-12(8)16-11;1-5(2,3)7-4-6;1-2/h3,5-7,11,14-15H,2,4H2,1H3;4H,1-3H3;1-2H3. The second kappa shape index (κ2) is 10.7. The molecule has 6 heteroatoms. The number of fused-ring (bicyclic) bond motifs is 1. The molecule has 0 aromatic heterocycles. The Morgan fingerprint density at radius 1 is 1.28 bits per heavy atom. The van der Waals surface area contributed by atoms with Gasteiger partial charge in [-0.2, -0.15) is 0 Å². The summed E-state index contributed by atoms with van der Waals surface area (Å²) in [4.78, 5) is 20.4. The van der Waals surface area contributed by atoms with Gasteiger partial charge in [0.25, 0.3) is 6.47 Å². The Morgan fingerprint density at radius 3 is 2.28 bits per heavy atom. The Labute approximate surface area is 149 Å². The predicted octanol–water partition coefficient (Wildman–Crippen LogP) is 3.26. The molecule has 0 saturated carbocycles. The predicted molar refractivity (Wildman–Crippen MR) is 96.2 cm³/mol. The second-order valence-corrected chi connectivity index (χ2v) is 6.35. The van der Waals surface area contributed by atoms with Gasteiger partial charge in [-0.25, -0.2) is 0 Å². The van der Waals surface area contributed by atoms with E-state index >= 15 is 0 Å². The molecule has 1 aliphatic rings. The van der Waals surface area contributed by atoms with Crippen molar-refractivity contribution in [3.63, 3.8) is 0 Å². The van der Waals surface area contributed by atoms with Gasteiger partial charge in [0.15, 0.2) is 6.29 Å². The van der Waals surface area contributed by atoms with E-state index in [1.54, 1.807) is 13.0 Å². The van der Waals surface area contributed by atoms with Crippen molar-refractivity contribution in [1.82, 2.24) is 0 Å². The number of ether oxygens (including phenoxy) is 2. The summed E-state index contributed by atoms with van der Waals surface area (Å²) in [5.41, 5.74) is 0.704. The van der Waals surface area contributed by atoms with Crippen LogP contribution >= 0.6 is 0 Å². The Morgan fingerprint density at radius 2 is 1.88 bits per heavy atom. The lowest BCUT2D eigenvalue weighted by atomic mass is 9.95. The SMILES string of the molecule is CC.CC(C)(C)OC=O.CC(O)C1CCc2c(ccc(O)c2C=O)O1. The molecule has 142 valence electrons. The van der Waals surface area contributed by atoms with Gasteiger partial charge in [-0.3, -0.25) is 9.59 Å². The van der Waals surface area contributed by atoms with E-state index in [9.17, 15) is 19.8 Å². The van der Waals surface area contributed by atoms with Gasteiger partial charge in [0.2, 0.25) is 0 Å². The van der Waals surface area contributed by atoms with Crippen LogP contribution in [0.1, 0.15) is 63.9 Å². The van der Waals surface area contributed by atoms with Gasteiger partial charge in [-0.1, -0.05) is 13.8 Å². The lowest BCUT2D eigenvalue weighted by Crippen LogP contribution is -2.33. The van der Waals surface area contributed by atoms with Gasteiger partial charge < -0.3 is 19.7 Å². The number of phenols is 1. The van der Waals surface area contributed by atoms with Crippen LogP contribution in [0.25, 0.3) is 0 Å². The maximum absolute atomic E-state index is 10.8. The van der Waals surface area contributed by atoms with E-state index in [1.165, 1.54) is 6.07 Å². The summed E-state index contributed by atoms with van der Waals surface area (Å²) in [6.07, 6.45) is 1.14. The molecule has 0 bridgehead atoms. The number of hydrogen-bond donors (Lipinski definition) is 2. The average Bonchev–Trinajstić information content (AvgIpc) is 2.55. The maximum Gasteiger partial charge on any atom is 0.293 e. The minimum atomic E-state index is -0.540. The number of aldehydes is 1. The quantitative estimate of drug-likeness (QED) is 0.809. The molecule has 0 aliphatic carbocycles. The Bertz CT molecular complexity index is 546. The van der Waals surface area contributed by atoms with Gasteiger partial charge in [0, 0.05) is 5.56 Å². The number of benzene rings is 1. The summed E-state index contributed by atoms with van der Waals surface area (Å²) in [7, 11) is 0. The molecule has 25 heavy (non-hydrogen) atoms. The average molecular weight is 354 g/mol. The second-order valence-electron chi connectivity index (χ2n) is 6.35. The Kier molecular flexibility index (Phi) is 9.82. The van der Waals surface area contributed by atoms with E-state index in [0.717, 1.165) is 5.56 Å². The summed E-state index contributed by atoms with van der Waals surface area (Å²) in [6.45, 7) is 11.6. The third kappa shape index (κ3) is 7.56. The van der Waals surface area contributed by atoms with Crippen molar-refractivity contribution >= 4 is 12.8 Å². The summed E-state index contributed by atoms with van der Waals surface area (Å²) < 4.78 is 10.1. The van der Waals surface area contributed by atoms with E-state index in [0.29, 0.717) is 36.9 Å². The molecule has 1 heterocycles. The number of rotatable bonds is 3. The summed E-state index contributed by atoms with van der Waals surface area (Å²) in [5.74, 6) is 0.560. The minimum Gasteiger partial charge on any atom is -0.507 e. The first-order valence-electron chi connectivity index (χ1n) is 8.45. The normalized spacial score (nSPS) is 16.5. The lowest BCUT2D eigenvalue weighted by Gasteiger charge is -2.28. The molecule has 0 saturated heterocycles. The highest BCUT2D eigenvalue weighted by atomic mass is 16.5. The molecule has 6 nitrogen and oxygen atoms in total. The van der Waals surface area contributed by atoms with Crippen LogP contribution in [0.2, 0.25) is 0 Å². The number of aromatic hydroxyl groups is 1. The van der Waals surface area contributed by atoms with Crippen molar-refractivity contribution in [1.29, 1.82) is 0 Å². The molecular weight excluding hydrogens is 324 g/mol. The molecule has 0 radical (unpaired) electrons. The molecule has 2 atom stereocenters. The Hall–Kier alpha value is -2.08. The van der Waals surface area contributed by atoms with Crippen LogP contribution in [0.4, 0.5) is 0 Å². The van der Waals surface area contributed by atoms with Crippen LogP contribution in [0.5, 0.6) is 11.5 Å². The number of hydrogen-bond acceptors (Lipinski definition) is 6. The molecule has 0 fully saturated rings. The van der Waals surface area contributed by atoms with E-state index in [2.05, 4.69) is 4.74 Å². The zero-order valence-electron chi connectivity index (χ0n) is 15.9. The highest BCUT2D eigenvalue weighted by Gasteiger charge is 2.26. The van der Waals surface area contributed by atoms with Crippen LogP contribution < -0.4 is 4.74 Å². The van der Waals surface area contributed by atoms with Gasteiger partial charge in [0.1, 0.15) is 23.2 Å². The van der Waals surface area contributed by atoms with E-state index in [1.807, 2.05) is 34.6 Å². The fourth-order valence-corrected chi connectivity index (χ4v) is 2.12. The monoisotopic (exact) mass is 354 g/mol. The highest BCUT2D eigenvalue weighted by Crippen LogP contribution is 2.34. The van der Waals surface area contributed by atoms with Crippen molar-refractivity contribution in [2.75, 3.05) is 0 Å². The van der Waals surface area contributed by atoms with Crippen LogP contribution in [-0.2, 0) is 16.0 Å². The number of carbonyl (C=O) groups excluding carboxylic acids is 2. The largest absolute Gasteiger partial charge is 0.507 e. The van der Waals surface area contributed by atoms with Crippen LogP contribution in [0, 0.1) is 0 Å². The molecule has 1 aromatic rings. The molecule has 0 amide bonds. The van der Waals surface area contributed by atoms with Crippen molar-refractivity contribution < 1.29 is 29.3 Å². The number of aliphatic hydroxyl groups excluding tert-OH is 1. The van der Waals surface area contributed by atoms with Gasteiger partial charge in [-0.05, 0) is 52.7 Å². The first kappa shape index (κ1) is 22.9. The zero-order valence-corrected chi connectivity index (χ0v) is 15.9. The molecular formula is C19H30O6. The Balaban J connectivity index is 0.000000544. The minimum absolute atomic E-state index is 0.0205. The molecule has 1 aromatic carbocycles. The molecule has 2 N–H and O–H groups in total. The third-order valence-corrected chi connectivity index (χ3v) is 3.31. The summed E-state index contributed by atoms with van der Waals surface area (Å²) in [6, 6.07) is 3.07. The first-order chi connectivity index (χ1) is 11.7. The van der Waals surface area contributed by atoms with Crippen molar-refractivity contribution in [2.45, 2.75) is 72.2 Å². The summed E-state index contributed by atoms with van der Waals surface area (Å²) >= 11 is 0. The molecule has 0 spiro atoms.